The van der Waals surface area contributed by atoms with Gasteiger partial charge in [0.25, 0.3) is 11.6 Å². The van der Waals surface area contributed by atoms with E-state index in [2.05, 4.69) is 6.07 Å². The molecule has 0 aromatic heterocycles. The Bertz CT molecular complexity index is 549. The molecule has 0 N–H and O–H groups in total. The van der Waals surface area contributed by atoms with E-state index in [1.807, 2.05) is 0 Å². The Kier molecular flexibility index (Phi) is 4.59. The van der Waals surface area contributed by atoms with E-state index in [0.29, 0.717) is 17.7 Å². The molecular weight excluding hydrogens is 246 g/mol. The largest absolute Gasteiger partial charge is 0.340 e. The third kappa shape index (κ3) is 3.52. The summed E-state index contributed by atoms with van der Waals surface area (Å²) in [5.74, 6) is -0.498. The number of nitriles is 1. The summed E-state index contributed by atoms with van der Waals surface area (Å²) >= 11 is 0. The van der Waals surface area contributed by atoms with Gasteiger partial charge in [-0.1, -0.05) is 0 Å². The minimum atomic E-state index is -0.497. The summed E-state index contributed by atoms with van der Waals surface area (Å²) in [4.78, 5) is 23.7. The molecule has 6 nitrogen and oxygen atoms in total. The zero-order chi connectivity index (χ0) is 14.6. The molecule has 0 radical (unpaired) electrons. The van der Waals surface area contributed by atoms with Crippen molar-refractivity contribution in [1.82, 2.24) is 4.90 Å². The van der Waals surface area contributed by atoms with E-state index in [0.717, 1.165) is 0 Å². The smallest absolute Gasteiger partial charge is 0.269 e. The van der Waals surface area contributed by atoms with Gasteiger partial charge in [0.05, 0.1) is 16.9 Å². The summed E-state index contributed by atoms with van der Waals surface area (Å²) < 4.78 is 0. The molecule has 0 aliphatic rings. The number of nitro groups is 1. The van der Waals surface area contributed by atoms with Gasteiger partial charge in [0.15, 0.2) is 0 Å². The molecule has 1 atom stereocenters. The first-order valence-corrected chi connectivity index (χ1v) is 5.77. The van der Waals surface area contributed by atoms with Crippen LogP contribution in [0.15, 0.2) is 18.2 Å². The summed E-state index contributed by atoms with van der Waals surface area (Å²) in [7, 11) is 1.61. The Hall–Kier alpha value is -2.42. The minimum absolute atomic E-state index is 0.0397. The first-order valence-electron chi connectivity index (χ1n) is 5.77. The third-order valence-electron chi connectivity index (χ3n) is 2.77. The predicted molar refractivity (Wildman–Crippen MR) is 69.6 cm³/mol. The molecule has 0 aliphatic heterocycles. The number of nitrogens with zero attached hydrogens (tertiary/aromatic N) is 3. The lowest BCUT2D eigenvalue weighted by Crippen LogP contribution is -2.31. The van der Waals surface area contributed by atoms with Gasteiger partial charge in [0, 0.05) is 31.3 Å². The molecule has 100 valence electrons. The number of nitro benzene ring substituents is 1. The van der Waals surface area contributed by atoms with E-state index in [9.17, 15) is 14.9 Å². The second kappa shape index (κ2) is 5.96. The van der Waals surface area contributed by atoms with E-state index >= 15 is 0 Å². The van der Waals surface area contributed by atoms with Crippen molar-refractivity contribution in [3.8, 4) is 6.07 Å². The van der Waals surface area contributed by atoms with E-state index in [-0.39, 0.29) is 17.5 Å². The van der Waals surface area contributed by atoms with Crippen molar-refractivity contribution < 1.29 is 9.72 Å². The van der Waals surface area contributed by atoms with E-state index in [4.69, 9.17) is 5.26 Å². The molecule has 0 saturated heterocycles. The fraction of sp³-hybridized carbons (Fsp3) is 0.385. The third-order valence-corrected chi connectivity index (χ3v) is 2.77. The summed E-state index contributed by atoms with van der Waals surface area (Å²) in [6.45, 7) is 3.71. The van der Waals surface area contributed by atoms with Gasteiger partial charge in [-0.25, -0.2) is 0 Å². The number of hydrogen-bond acceptors (Lipinski definition) is 4. The van der Waals surface area contributed by atoms with Crippen molar-refractivity contribution in [2.45, 2.75) is 13.8 Å². The first kappa shape index (κ1) is 14.6. The Morgan fingerprint density at radius 3 is 2.68 bits per heavy atom. The van der Waals surface area contributed by atoms with Crippen molar-refractivity contribution >= 4 is 11.6 Å². The number of rotatable bonds is 4. The molecule has 1 unspecified atom stereocenters. The molecule has 6 heteroatoms. The average molecular weight is 261 g/mol. The predicted octanol–water partition coefficient (Wildman–Crippen LogP) is 2.13. The zero-order valence-corrected chi connectivity index (χ0v) is 11.1. The van der Waals surface area contributed by atoms with Crippen molar-refractivity contribution in [3.05, 3.63) is 39.4 Å². The second-order valence-electron chi connectivity index (χ2n) is 4.47. The minimum Gasteiger partial charge on any atom is -0.340 e. The number of amides is 1. The van der Waals surface area contributed by atoms with Crippen LogP contribution in [0.3, 0.4) is 0 Å². The van der Waals surface area contributed by atoms with Crippen LogP contribution in [-0.4, -0.2) is 29.3 Å². The Labute approximate surface area is 111 Å². The number of carbonyl (C=O) groups excluding carboxylic acids is 1. The monoisotopic (exact) mass is 261 g/mol. The highest BCUT2D eigenvalue weighted by molar-refractivity contribution is 5.95. The summed E-state index contributed by atoms with van der Waals surface area (Å²) in [5, 5.41) is 19.4. The average Bonchev–Trinajstić information content (AvgIpc) is 2.37. The molecule has 1 amide bonds. The maximum absolute atomic E-state index is 12.1. The van der Waals surface area contributed by atoms with Crippen LogP contribution >= 0.6 is 0 Å². The lowest BCUT2D eigenvalue weighted by Gasteiger charge is -2.19. The Balaban J connectivity index is 2.95. The second-order valence-corrected chi connectivity index (χ2v) is 4.47. The number of aryl methyl sites for hydroxylation is 1. The Morgan fingerprint density at radius 1 is 1.58 bits per heavy atom. The normalized spacial score (nSPS) is 11.5. The van der Waals surface area contributed by atoms with E-state index in [1.54, 1.807) is 20.9 Å². The molecule has 1 rings (SSSR count). The van der Waals surface area contributed by atoms with Gasteiger partial charge in [-0.3, -0.25) is 14.9 Å². The quantitative estimate of drug-likeness (QED) is 0.613. The maximum atomic E-state index is 12.1. The molecule has 0 spiro atoms. The van der Waals surface area contributed by atoms with Crippen molar-refractivity contribution in [2.75, 3.05) is 13.6 Å². The number of hydrogen-bond donors (Lipinski definition) is 0. The molecule has 0 aliphatic carbocycles. The molecule has 0 bridgehead atoms. The lowest BCUT2D eigenvalue weighted by atomic mass is 10.1. The summed E-state index contributed by atoms with van der Waals surface area (Å²) in [5.41, 5.74) is 0.927. The van der Waals surface area contributed by atoms with Crippen LogP contribution in [0.25, 0.3) is 0 Å². The van der Waals surface area contributed by atoms with Gasteiger partial charge in [-0.2, -0.15) is 5.26 Å². The van der Waals surface area contributed by atoms with Crippen molar-refractivity contribution in [2.24, 2.45) is 5.92 Å². The summed E-state index contributed by atoms with van der Waals surface area (Å²) in [6.07, 6.45) is 0. The van der Waals surface area contributed by atoms with Gasteiger partial charge in [-0.15, -0.1) is 0 Å². The van der Waals surface area contributed by atoms with Crippen molar-refractivity contribution in [1.29, 1.82) is 5.26 Å². The molecular formula is C13H15N3O3. The fourth-order valence-electron chi connectivity index (χ4n) is 1.74. The standard InChI is InChI=1S/C13H15N3O3/c1-9(7-14)8-15(3)13(17)12-5-4-11(16(18)19)6-10(12)2/h4-6,9H,8H2,1-3H3. The topological polar surface area (TPSA) is 87.2 Å². The molecule has 0 heterocycles. The van der Waals surface area contributed by atoms with E-state index < -0.39 is 4.92 Å². The van der Waals surface area contributed by atoms with Gasteiger partial charge in [0.1, 0.15) is 0 Å². The van der Waals surface area contributed by atoms with Crippen LogP contribution in [-0.2, 0) is 0 Å². The van der Waals surface area contributed by atoms with Crippen LogP contribution in [0, 0.1) is 34.3 Å². The molecule has 0 fully saturated rings. The highest BCUT2D eigenvalue weighted by Gasteiger charge is 2.18. The van der Waals surface area contributed by atoms with Crippen LogP contribution in [0.4, 0.5) is 5.69 Å². The maximum Gasteiger partial charge on any atom is 0.269 e. The molecule has 1 aromatic rings. The van der Waals surface area contributed by atoms with E-state index in [1.165, 1.54) is 23.1 Å². The summed E-state index contributed by atoms with van der Waals surface area (Å²) in [6, 6.07) is 6.18. The lowest BCUT2D eigenvalue weighted by molar-refractivity contribution is -0.384. The molecule has 1 aromatic carbocycles. The fourth-order valence-corrected chi connectivity index (χ4v) is 1.74. The van der Waals surface area contributed by atoms with Crippen molar-refractivity contribution in [3.63, 3.8) is 0 Å². The van der Waals surface area contributed by atoms with Crippen LogP contribution in [0.5, 0.6) is 0 Å². The van der Waals surface area contributed by atoms with Gasteiger partial charge in [0.2, 0.25) is 0 Å². The zero-order valence-electron chi connectivity index (χ0n) is 11.1. The van der Waals surface area contributed by atoms with Crippen LogP contribution in [0.2, 0.25) is 0 Å². The van der Waals surface area contributed by atoms with Crippen LogP contribution < -0.4 is 0 Å². The van der Waals surface area contributed by atoms with Gasteiger partial charge >= 0.3 is 0 Å². The first-order chi connectivity index (χ1) is 8.86. The Morgan fingerprint density at radius 2 is 2.21 bits per heavy atom. The highest BCUT2D eigenvalue weighted by atomic mass is 16.6. The number of carbonyl (C=O) groups is 1. The highest BCUT2D eigenvalue weighted by Crippen LogP contribution is 2.18. The van der Waals surface area contributed by atoms with Gasteiger partial charge in [-0.05, 0) is 25.5 Å². The van der Waals surface area contributed by atoms with Gasteiger partial charge < -0.3 is 4.90 Å². The number of benzene rings is 1. The molecule has 0 saturated carbocycles. The molecule has 19 heavy (non-hydrogen) atoms. The van der Waals surface area contributed by atoms with Crippen LogP contribution in [0.1, 0.15) is 22.8 Å². The SMILES string of the molecule is Cc1cc([N+](=O)[O-])ccc1C(=O)N(C)CC(C)C#N. The number of non-ortho nitro benzene ring substituents is 1.